The van der Waals surface area contributed by atoms with Crippen molar-refractivity contribution in [2.24, 2.45) is 11.3 Å². The maximum atomic E-state index is 9.75. The van der Waals surface area contributed by atoms with Gasteiger partial charge in [-0.1, -0.05) is 60.5 Å². The van der Waals surface area contributed by atoms with Gasteiger partial charge >= 0.3 is 0 Å². The Morgan fingerprint density at radius 3 is 2.79 bits per heavy atom. The molecule has 0 aliphatic carbocycles. The standard InChI is InChI=1S/C25H27Cl2N5O/c1-25(2,16-33)20-6-4-10-31(14-20)13-19-9-8-17(11-21(19)26)22-15-32(30-29-22)23-7-3-5-18(12-28)24(23)27/h3,5,7-9,11,15,20,33H,4,6,10,13-14,16H2,1-2H3/t20-/m0/s1. The highest BCUT2D eigenvalue weighted by Crippen LogP contribution is 2.35. The second-order valence-electron chi connectivity index (χ2n) is 9.33. The number of hydrogen-bond acceptors (Lipinski definition) is 5. The van der Waals surface area contributed by atoms with Gasteiger partial charge in [0.25, 0.3) is 0 Å². The molecule has 33 heavy (non-hydrogen) atoms. The highest BCUT2D eigenvalue weighted by atomic mass is 35.5. The minimum atomic E-state index is -0.0756. The molecule has 0 spiro atoms. The molecular weight excluding hydrogens is 457 g/mol. The van der Waals surface area contributed by atoms with E-state index in [1.54, 1.807) is 29.1 Å². The lowest BCUT2D eigenvalue weighted by Crippen LogP contribution is -2.42. The molecule has 2 aromatic carbocycles. The SMILES string of the molecule is CC(C)(CO)[C@H]1CCCN(Cc2ccc(-c3cn(-c4cccc(C#N)c4Cl)nn3)cc2Cl)C1. The van der Waals surface area contributed by atoms with Gasteiger partial charge in [0.1, 0.15) is 11.8 Å². The number of nitrogens with zero attached hydrogens (tertiary/aromatic N) is 5. The second-order valence-corrected chi connectivity index (χ2v) is 10.1. The van der Waals surface area contributed by atoms with E-state index in [4.69, 9.17) is 23.2 Å². The maximum Gasteiger partial charge on any atom is 0.113 e. The molecule has 1 fully saturated rings. The topological polar surface area (TPSA) is 78.0 Å². The van der Waals surface area contributed by atoms with Crippen molar-refractivity contribution in [3.63, 3.8) is 0 Å². The van der Waals surface area contributed by atoms with Gasteiger partial charge in [-0.3, -0.25) is 4.90 Å². The van der Waals surface area contributed by atoms with Crippen LogP contribution >= 0.6 is 23.2 Å². The highest BCUT2D eigenvalue weighted by Gasteiger charge is 2.32. The van der Waals surface area contributed by atoms with E-state index >= 15 is 0 Å². The minimum absolute atomic E-state index is 0.0756. The van der Waals surface area contributed by atoms with Gasteiger partial charge in [0.05, 0.1) is 22.5 Å². The molecule has 1 N–H and O–H groups in total. The fourth-order valence-electron chi connectivity index (χ4n) is 4.34. The number of benzene rings is 2. The number of aromatic nitrogens is 3. The van der Waals surface area contributed by atoms with E-state index in [-0.39, 0.29) is 12.0 Å². The van der Waals surface area contributed by atoms with Crippen molar-refractivity contribution in [3.05, 3.63) is 63.8 Å². The summed E-state index contributed by atoms with van der Waals surface area (Å²) >= 11 is 13.0. The average molecular weight is 484 g/mol. The van der Waals surface area contributed by atoms with Gasteiger partial charge in [-0.05, 0) is 54.5 Å². The number of rotatable bonds is 6. The van der Waals surface area contributed by atoms with Crippen molar-refractivity contribution < 1.29 is 5.11 Å². The summed E-state index contributed by atoms with van der Waals surface area (Å²) in [5.41, 5.74) is 3.52. The number of aliphatic hydroxyl groups is 1. The normalized spacial score (nSPS) is 17.2. The molecule has 1 aliphatic heterocycles. The van der Waals surface area contributed by atoms with Crippen molar-refractivity contribution in [2.75, 3.05) is 19.7 Å². The molecule has 0 amide bonds. The molecule has 0 bridgehead atoms. The molecule has 4 rings (SSSR count). The Hall–Kier alpha value is -2.43. The van der Waals surface area contributed by atoms with Gasteiger partial charge in [-0.15, -0.1) is 5.10 Å². The molecule has 0 radical (unpaired) electrons. The molecule has 2 heterocycles. The predicted octanol–water partition coefficient (Wildman–Crippen LogP) is 5.34. The smallest absolute Gasteiger partial charge is 0.113 e. The number of hydrogen-bond donors (Lipinski definition) is 1. The first kappa shape index (κ1) is 23.7. The van der Waals surface area contributed by atoms with Gasteiger partial charge in [-0.2, -0.15) is 5.26 Å². The Morgan fingerprint density at radius 2 is 2.06 bits per heavy atom. The van der Waals surface area contributed by atoms with Crippen molar-refractivity contribution in [1.82, 2.24) is 19.9 Å². The number of halogens is 2. The Bertz CT molecular complexity index is 1180. The van der Waals surface area contributed by atoms with E-state index < -0.39 is 0 Å². The van der Waals surface area contributed by atoms with Gasteiger partial charge in [-0.25, -0.2) is 4.68 Å². The van der Waals surface area contributed by atoms with Crippen LogP contribution in [0.15, 0.2) is 42.6 Å². The number of aliphatic hydroxyl groups excluding tert-OH is 1. The summed E-state index contributed by atoms with van der Waals surface area (Å²) in [6.07, 6.45) is 4.05. The molecule has 0 saturated carbocycles. The maximum absolute atomic E-state index is 9.75. The summed E-state index contributed by atoms with van der Waals surface area (Å²) in [6, 6.07) is 13.3. The zero-order valence-corrected chi connectivity index (χ0v) is 20.3. The van der Waals surface area contributed by atoms with Crippen LogP contribution in [0.25, 0.3) is 16.9 Å². The van der Waals surface area contributed by atoms with E-state index in [2.05, 4.69) is 35.1 Å². The van der Waals surface area contributed by atoms with Crippen LogP contribution in [-0.2, 0) is 6.54 Å². The molecular formula is C25H27Cl2N5O. The average Bonchev–Trinajstić information content (AvgIpc) is 3.31. The monoisotopic (exact) mass is 483 g/mol. The number of piperidine rings is 1. The molecule has 3 aromatic rings. The zero-order chi connectivity index (χ0) is 23.6. The van der Waals surface area contributed by atoms with E-state index in [1.165, 1.54) is 0 Å². The third-order valence-corrected chi connectivity index (χ3v) is 7.35. The summed E-state index contributed by atoms with van der Waals surface area (Å²) in [5.74, 6) is 0.468. The highest BCUT2D eigenvalue weighted by molar-refractivity contribution is 6.33. The summed E-state index contributed by atoms with van der Waals surface area (Å²) < 4.78 is 1.57. The lowest BCUT2D eigenvalue weighted by molar-refractivity contribution is 0.0382. The molecule has 0 unspecified atom stereocenters. The zero-order valence-electron chi connectivity index (χ0n) is 18.8. The van der Waals surface area contributed by atoms with Gasteiger partial charge < -0.3 is 5.11 Å². The van der Waals surface area contributed by atoms with Crippen LogP contribution in [0, 0.1) is 22.7 Å². The predicted molar refractivity (Wildman–Crippen MR) is 130 cm³/mol. The van der Waals surface area contributed by atoms with Crippen LogP contribution in [0.5, 0.6) is 0 Å². The van der Waals surface area contributed by atoms with E-state index in [0.29, 0.717) is 32.9 Å². The fourth-order valence-corrected chi connectivity index (χ4v) is 4.83. The third-order valence-electron chi connectivity index (χ3n) is 6.60. The van der Waals surface area contributed by atoms with E-state index in [9.17, 15) is 10.4 Å². The molecule has 8 heteroatoms. The first-order chi connectivity index (χ1) is 15.8. The molecule has 6 nitrogen and oxygen atoms in total. The van der Waals surface area contributed by atoms with Crippen molar-refractivity contribution >= 4 is 23.2 Å². The van der Waals surface area contributed by atoms with Gasteiger partial charge in [0.15, 0.2) is 0 Å². The molecule has 1 atom stereocenters. The Labute approximate surface area is 204 Å². The first-order valence-electron chi connectivity index (χ1n) is 11.1. The van der Waals surface area contributed by atoms with Crippen molar-refractivity contribution in [3.8, 4) is 23.0 Å². The Morgan fingerprint density at radius 1 is 1.24 bits per heavy atom. The van der Waals surface area contributed by atoms with Crippen LogP contribution in [0.4, 0.5) is 0 Å². The van der Waals surface area contributed by atoms with Crippen molar-refractivity contribution in [2.45, 2.75) is 33.2 Å². The summed E-state index contributed by atoms with van der Waals surface area (Å²) in [7, 11) is 0. The molecule has 1 aliphatic rings. The number of nitriles is 1. The van der Waals surface area contributed by atoms with Crippen LogP contribution < -0.4 is 0 Å². The fraction of sp³-hybridized carbons (Fsp3) is 0.400. The van der Waals surface area contributed by atoms with Crippen LogP contribution in [0.2, 0.25) is 10.0 Å². The van der Waals surface area contributed by atoms with Crippen LogP contribution in [-0.4, -0.2) is 44.7 Å². The Kier molecular flexibility index (Phi) is 7.06. The summed E-state index contributed by atoms with van der Waals surface area (Å²) in [4.78, 5) is 2.42. The first-order valence-corrected chi connectivity index (χ1v) is 11.8. The molecule has 1 saturated heterocycles. The van der Waals surface area contributed by atoms with Gasteiger partial charge in [0.2, 0.25) is 0 Å². The lowest BCUT2D eigenvalue weighted by atomic mass is 9.75. The van der Waals surface area contributed by atoms with Crippen LogP contribution in [0.1, 0.15) is 37.8 Å². The van der Waals surface area contributed by atoms with Crippen molar-refractivity contribution in [1.29, 1.82) is 5.26 Å². The Balaban J connectivity index is 1.50. The second kappa shape index (κ2) is 9.82. The van der Waals surface area contributed by atoms with E-state index in [1.807, 2.05) is 18.2 Å². The lowest BCUT2D eigenvalue weighted by Gasteiger charge is -2.40. The summed E-state index contributed by atoms with van der Waals surface area (Å²) in [5, 5.41) is 28.4. The third kappa shape index (κ3) is 5.07. The largest absolute Gasteiger partial charge is 0.396 e. The quantitative estimate of drug-likeness (QED) is 0.511. The number of likely N-dealkylation sites (tertiary alicyclic amines) is 1. The van der Waals surface area contributed by atoms with Crippen LogP contribution in [0.3, 0.4) is 0 Å². The van der Waals surface area contributed by atoms with Gasteiger partial charge in [0, 0.05) is 30.3 Å². The minimum Gasteiger partial charge on any atom is -0.396 e. The molecule has 1 aromatic heterocycles. The molecule has 172 valence electrons. The summed E-state index contributed by atoms with van der Waals surface area (Å²) in [6.45, 7) is 7.25. The van der Waals surface area contributed by atoms with E-state index in [0.717, 1.165) is 43.6 Å².